The van der Waals surface area contributed by atoms with Crippen LogP contribution in [0.15, 0.2) is 34.3 Å². The van der Waals surface area contributed by atoms with E-state index < -0.39 is 0 Å². The van der Waals surface area contributed by atoms with Gasteiger partial charge in [0.25, 0.3) is 0 Å². The molecule has 1 aliphatic heterocycles. The Morgan fingerprint density at radius 2 is 2.16 bits per heavy atom. The molecule has 1 aromatic carbocycles. The minimum absolute atomic E-state index is 0.345. The number of nitrogens with two attached hydrogens (primary N) is 2. The van der Waals surface area contributed by atoms with E-state index in [1.807, 2.05) is 12.1 Å². The molecule has 3 fully saturated rings. The lowest BCUT2D eigenvalue weighted by Gasteiger charge is -2.31. The van der Waals surface area contributed by atoms with E-state index in [0.717, 1.165) is 36.0 Å². The van der Waals surface area contributed by atoms with Gasteiger partial charge in [0.1, 0.15) is 10.8 Å². The summed E-state index contributed by atoms with van der Waals surface area (Å²) < 4.78 is 0. The molecule has 0 bridgehead atoms. The summed E-state index contributed by atoms with van der Waals surface area (Å²) >= 11 is 13.7. The maximum absolute atomic E-state index is 6.25. The van der Waals surface area contributed by atoms with Crippen LogP contribution >= 0.6 is 35.0 Å². The molecule has 3 aliphatic rings. The fourth-order valence-electron chi connectivity index (χ4n) is 4.70. The van der Waals surface area contributed by atoms with E-state index in [2.05, 4.69) is 14.9 Å². The van der Waals surface area contributed by atoms with Gasteiger partial charge in [0, 0.05) is 28.9 Å². The van der Waals surface area contributed by atoms with E-state index in [1.165, 1.54) is 11.8 Å². The zero-order chi connectivity index (χ0) is 17.3. The zero-order valence-corrected chi connectivity index (χ0v) is 15.7. The van der Waals surface area contributed by atoms with E-state index in [4.69, 9.17) is 34.7 Å². The summed E-state index contributed by atoms with van der Waals surface area (Å²) in [6.07, 6.45) is 4.09. The Balaban J connectivity index is 1.39. The van der Waals surface area contributed by atoms with Crippen LogP contribution in [0.4, 0.5) is 11.6 Å². The van der Waals surface area contributed by atoms with Gasteiger partial charge in [-0.25, -0.2) is 9.97 Å². The van der Waals surface area contributed by atoms with Gasteiger partial charge in [-0.3, -0.25) is 0 Å². The Morgan fingerprint density at radius 1 is 1.32 bits per heavy atom. The van der Waals surface area contributed by atoms with Crippen LogP contribution in [0.25, 0.3) is 0 Å². The Labute approximate surface area is 160 Å². The molecule has 0 radical (unpaired) electrons. The number of rotatable bonds is 3. The van der Waals surface area contributed by atoms with Gasteiger partial charge in [-0.05, 0) is 30.9 Å². The van der Waals surface area contributed by atoms with E-state index in [9.17, 15) is 0 Å². The third-order valence-electron chi connectivity index (χ3n) is 6.00. The largest absolute Gasteiger partial charge is 0.381 e. The molecule has 25 heavy (non-hydrogen) atoms. The first-order valence-corrected chi connectivity index (χ1v) is 9.86. The van der Waals surface area contributed by atoms with Gasteiger partial charge in [0.15, 0.2) is 5.82 Å². The van der Waals surface area contributed by atoms with Crippen LogP contribution in [-0.2, 0) is 0 Å². The second-order valence-electron chi connectivity index (χ2n) is 7.02. The minimum Gasteiger partial charge on any atom is -0.381 e. The summed E-state index contributed by atoms with van der Waals surface area (Å²) in [4.78, 5) is 12.3. The average Bonchev–Trinajstić information content (AvgIpc) is 2.91. The van der Waals surface area contributed by atoms with Crippen molar-refractivity contribution in [2.24, 2.45) is 17.1 Å². The van der Waals surface area contributed by atoms with Crippen LogP contribution in [0.3, 0.4) is 0 Å². The Hall–Kier alpha value is -1.21. The number of piperidine rings is 1. The molecule has 5 rings (SSSR count). The highest BCUT2D eigenvalue weighted by atomic mass is 35.5. The number of nitrogens with zero attached hydrogens (tertiary/aromatic N) is 3. The van der Waals surface area contributed by atoms with Crippen LogP contribution in [0.2, 0.25) is 10.0 Å². The second kappa shape index (κ2) is 5.39. The fraction of sp³-hybridized carbons (Fsp3) is 0.412. The molecule has 2 aliphatic carbocycles. The van der Waals surface area contributed by atoms with Gasteiger partial charge in [-0.1, -0.05) is 41.0 Å². The molecule has 4 N–H and O–H groups in total. The third kappa shape index (κ3) is 2.14. The molecule has 1 spiro atoms. The van der Waals surface area contributed by atoms with Crippen LogP contribution in [0.5, 0.6) is 0 Å². The summed E-state index contributed by atoms with van der Waals surface area (Å²) in [5, 5.41) is 1.65. The summed E-state index contributed by atoms with van der Waals surface area (Å²) in [5.74, 6) is 2.00. The number of nitrogen functional groups attached to an aromatic ring is 1. The maximum atomic E-state index is 6.25. The van der Waals surface area contributed by atoms with Crippen molar-refractivity contribution in [2.75, 3.05) is 17.2 Å². The Kier molecular flexibility index (Phi) is 3.45. The van der Waals surface area contributed by atoms with Crippen molar-refractivity contribution in [1.29, 1.82) is 0 Å². The van der Waals surface area contributed by atoms with Gasteiger partial charge in [-0.15, -0.1) is 0 Å². The molecule has 130 valence electrons. The first-order chi connectivity index (χ1) is 12.0. The number of hydrogen-bond acceptors (Lipinski definition) is 6. The normalized spacial score (nSPS) is 32.1. The van der Waals surface area contributed by atoms with Crippen molar-refractivity contribution in [2.45, 2.75) is 34.8 Å². The minimum atomic E-state index is 0.345. The Bertz CT molecular complexity index is 878. The molecular formula is C17H17Cl2N5S. The maximum Gasteiger partial charge on any atom is 0.158 e. The molecule has 5 nitrogen and oxygen atoms in total. The smallest absolute Gasteiger partial charge is 0.158 e. The van der Waals surface area contributed by atoms with Crippen molar-refractivity contribution in [3.8, 4) is 0 Å². The van der Waals surface area contributed by atoms with E-state index >= 15 is 0 Å². The van der Waals surface area contributed by atoms with Gasteiger partial charge in [0.2, 0.25) is 0 Å². The monoisotopic (exact) mass is 393 g/mol. The number of fused-ring (bicyclic) bond motifs is 1. The molecule has 0 amide bonds. The average molecular weight is 394 g/mol. The van der Waals surface area contributed by atoms with Crippen molar-refractivity contribution < 1.29 is 0 Å². The highest BCUT2D eigenvalue weighted by Gasteiger charge is 2.79. The molecule has 2 heterocycles. The fourth-order valence-corrected chi connectivity index (χ4v) is 5.98. The van der Waals surface area contributed by atoms with Crippen LogP contribution in [-0.4, -0.2) is 28.6 Å². The second-order valence-corrected chi connectivity index (χ2v) is 8.84. The summed E-state index contributed by atoms with van der Waals surface area (Å²) in [5.41, 5.74) is 12.8. The summed E-state index contributed by atoms with van der Waals surface area (Å²) in [6.45, 7) is 0.982. The zero-order valence-electron chi connectivity index (χ0n) is 13.3. The predicted octanol–water partition coefficient (Wildman–Crippen LogP) is 3.44. The summed E-state index contributed by atoms with van der Waals surface area (Å²) in [7, 11) is 0. The number of halogens is 2. The van der Waals surface area contributed by atoms with Gasteiger partial charge >= 0.3 is 0 Å². The van der Waals surface area contributed by atoms with E-state index in [0.29, 0.717) is 38.4 Å². The van der Waals surface area contributed by atoms with Crippen molar-refractivity contribution in [3.05, 3.63) is 34.4 Å². The van der Waals surface area contributed by atoms with Gasteiger partial charge in [-0.2, -0.15) is 0 Å². The number of benzene rings is 1. The lowest BCUT2D eigenvalue weighted by molar-refractivity contribution is 0.231. The van der Waals surface area contributed by atoms with Crippen molar-refractivity contribution in [1.82, 2.24) is 9.97 Å². The molecule has 3 unspecified atom stereocenters. The van der Waals surface area contributed by atoms with Crippen LogP contribution in [0.1, 0.15) is 12.8 Å². The molecule has 2 aromatic rings. The molecule has 1 saturated heterocycles. The predicted molar refractivity (Wildman–Crippen MR) is 101 cm³/mol. The highest BCUT2D eigenvalue weighted by molar-refractivity contribution is 7.99. The molecular weight excluding hydrogens is 377 g/mol. The van der Waals surface area contributed by atoms with Crippen molar-refractivity contribution >= 4 is 46.6 Å². The molecule has 2 saturated carbocycles. The standard InChI is InChI=1S/C17H17Cl2N5S/c18-9-2-1-3-10(13(9)19)25-16-15(21)23-12(7-22-16)24-5-4-17-8(14(17)24)6-11(17)20/h1-3,7-8,11,14H,4-6,20H2,(H2,21,23)/t8?,11?,14?,17-/m1/s1. The molecule has 8 heteroatoms. The molecule has 1 aromatic heterocycles. The van der Waals surface area contributed by atoms with Gasteiger partial charge in [0.05, 0.1) is 16.2 Å². The van der Waals surface area contributed by atoms with Gasteiger partial charge < -0.3 is 16.4 Å². The van der Waals surface area contributed by atoms with E-state index in [1.54, 1.807) is 12.3 Å². The quantitative estimate of drug-likeness (QED) is 0.830. The van der Waals surface area contributed by atoms with Crippen molar-refractivity contribution in [3.63, 3.8) is 0 Å². The third-order valence-corrected chi connectivity index (χ3v) is 8.00. The first-order valence-electron chi connectivity index (χ1n) is 8.29. The van der Waals surface area contributed by atoms with Crippen LogP contribution < -0.4 is 16.4 Å². The first kappa shape index (κ1) is 16.0. The lowest BCUT2D eigenvalue weighted by atomic mass is 9.78. The summed E-state index contributed by atoms with van der Waals surface area (Å²) in [6, 6.07) is 6.37. The number of anilines is 2. The number of aromatic nitrogens is 2. The number of hydrogen-bond donors (Lipinski definition) is 2. The molecule has 4 atom stereocenters. The topological polar surface area (TPSA) is 81.1 Å². The Morgan fingerprint density at radius 3 is 2.84 bits per heavy atom. The lowest BCUT2D eigenvalue weighted by Crippen LogP contribution is -2.41. The highest BCUT2D eigenvalue weighted by Crippen LogP contribution is 2.73. The van der Waals surface area contributed by atoms with E-state index in [-0.39, 0.29) is 0 Å². The van der Waals surface area contributed by atoms with Crippen LogP contribution in [0, 0.1) is 11.3 Å². The SMILES string of the molecule is Nc1nc(N2CC[C@]34C(N)CC3C24)cnc1Sc1cccc(Cl)c1Cl.